The van der Waals surface area contributed by atoms with E-state index in [1.54, 1.807) is 24.0 Å². The Morgan fingerprint density at radius 2 is 2.16 bits per heavy atom. The number of hydrogen-bond acceptors (Lipinski definition) is 3. The molecule has 0 atom stereocenters. The lowest BCUT2D eigenvalue weighted by atomic mass is 9.96. The minimum absolute atomic E-state index is 0.0642. The van der Waals surface area contributed by atoms with Crippen molar-refractivity contribution in [3.05, 3.63) is 29.3 Å². The molecule has 0 radical (unpaired) electrons. The summed E-state index contributed by atoms with van der Waals surface area (Å²) in [6.45, 7) is 3.05. The first kappa shape index (κ1) is 14.2. The number of benzene rings is 1. The van der Waals surface area contributed by atoms with Crippen LogP contribution in [0.3, 0.4) is 0 Å². The molecule has 0 unspecified atom stereocenters. The lowest BCUT2D eigenvalue weighted by Gasteiger charge is -2.44. The van der Waals surface area contributed by atoms with Crippen LogP contribution in [0.15, 0.2) is 24.3 Å². The molecule has 19 heavy (non-hydrogen) atoms. The first-order chi connectivity index (χ1) is 8.98. The van der Waals surface area contributed by atoms with Gasteiger partial charge in [0.05, 0.1) is 30.3 Å². The third-order valence-corrected chi connectivity index (χ3v) is 3.36. The van der Waals surface area contributed by atoms with Crippen LogP contribution >= 0.6 is 11.6 Å². The third kappa shape index (κ3) is 3.85. The second-order valence-electron chi connectivity index (χ2n) is 5.13. The van der Waals surface area contributed by atoms with Crippen LogP contribution in [-0.2, 0) is 4.79 Å². The smallest absolute Gasteiger partial charge is 0.222 e. The quantitative estimate of drug-likeness (QED) is 0.842. The van der Waals surface area contributed by atoms with Crippen molar-refractivity contribution in [2.24, 2.45) is 0 Å². The summed E-state index contributed by atoms with van der Waals surface area (Å²) in [7, 11) is 0. The molecule has 0 aliphatic carbocycles. The predicted octanol–water partition coefficient (Wildman–Crippen LogP) is 2.09. The lowest BCUT2D eigenvalue weighted by Crippen LogP contribution is -2.61. The van der Waals surface area contributed by atoms with Gasteiger partial charge in [-0.15, -0.1) is 0 Å². The molecule has 1 saturated heterocycles. The maximum atomic E-state index is 11.7. The molecule has 1 N–H and O–H groups in total. The Labute approximate surface area is 117 Å². The fraction of sp³-hybridized carbons (Fsp3) is 0.500. The molecular formula is C14H18ClNO3. The van der Waals surface area contributed by atoms with Crippen molar-refractivity contribution in [2.75, 3.05) is 19.7 Å². The van der Waals surface area contributed by atoms with Crippen molar-refractivity contribution in [1.29, 1.82) is 0 Å². The highest BCUT2D eigenvalue weighted by Crippen LogP contribution is 2.24. The van der Waals surface area contributed by atoms with Gasteiger partial charge in [0.15, 0.2) is 0 Å². The molecular weight excluding hydrogens is 266 g/mol. The van der Waals surface area contributed by atoms with Gasteiger partial charge in [0.2, 0.25) is 5.91 Å². The third-order valence-electron chi connectivity index (χ3n) is 3.04. The summed E-state index contributed by atoms with van der Waals surface area (Å²) < 4.78 is 5.51. The van der Waals surface area contributed by atoms with Crippen LogP contribution < -0.4 is 4.74 Å². The number of carbonyl (C=O) groups is 1. The van der Waals surface area contributed by atoms with Gasteiger partial charge in [0.1, 0.15) is 5.75 Å². The molecule has 1 aliphatic rings. The van der Waals surface area contributed by atoms with Gasteiger partial charge in [0, 0.05) is 6.42 Å². The Kier molecular flexibility index (Phi) is 4.32. The first-order valence-corrected chi connectivity index (χ1v) is 6.73. The van der Waals surface area contributed by atoms with Gasteiger partial charge in [-0.05, 0) is 25.5 Å². The van der Waals surface area contributed by atoms with Gasteiger partial charge in [-0.1, -0.05) is 23.7 Å². The average Bonchev–Trinajstić information content (AvgIpc) is 2.33. The van der Waals surface area contributed by atoms with Gasteiger partial charge in [-0.3, -0.25) is 4.79 Å². The number of β-amino-alcohol motifs (C(OH)–C–C–N with tert-alkyl or cyclic N) is 1. The van der Waals surface area contributed by atoms with Crippen LogP contribution in [0.5, 0.6) is 5.75 Å². The molecule has 1 aliphatic heterocycles. The van der Waals surface area contributed by atoms with Crippen LogP contribution in [-0.4, -0.2) is 41.2 Å². The maximum Gasteiger partial charge on any atom is 0.222 e. The highest BCUT2D eigenvalue weighted by molar-refractivity contribution is 6.32. The van der Waals surface area contributed by atoms with Gasteiger partial charge in [-0.25, -0.2) is 0 Å². The van der Waals surface area contributed by atoms with Crippen LogP contribution in [0.4, 0.5) is 0 Å². The molecule has 1 fully saturated rings. The number of ether oxygens (including phenoxy) is 1. The number of aliphatic hydroxyl groups is 1. The molecule has 1 amide bonds. The lowest BCUT2D eigenvalue weighted by molar-refractivity contribution is -0.152. The van der Waals surface area contributed by atoms with Crippen molar-refractivity contribution < 1.29 is 14.6 Å². The van der Waals surface area contributed by atoms with E-state index in [0.29, 0.717) is 43.3 Å². The second-order valence-corrected chi connectivity index (χ2v) is 5.54. The number of hydrogen-bond donors (Lipinski definition) is 1. The fourth-order valence-corrected chi connectivity index (χ4v) is 2.27. The molecule has 2 rings (SSSR count). The molecule has 0 saturated carbocycles. The zero-order chi connectivity index (χ0) is 13.9. The predicted molar refractivity (Wildman–Crippen MR) is 73.4 cm³/mol. The fourth-order valence-electron chi connectivity index (χ4n) is 2.08. The van der Waals surface area contributed by atoms with Gasteiger partial charge in [0.25, 0.3) is 0 Å². The molecule has 1 aromatic rings. The molecule has 104 valence electrons. The van der Waals surface area contributed by atoms with E-state index in [1.807, 2.05) is 12.1 Å². The van der Waals surface area contributed by atoms with Gasteiger partial charge < -0.3 is 14.7 Å². The van der Waals surface area contributed by atoms with Gasteiger partial charge in [-0.2, -0.15) is 0 Å². The standard InChI is InChI=1S/C14H18ClNO3/c1-14(18)9-16(10-14)13(17)7-4-8-19-12-6-3-2-5-11(12)15/h2-3,5-6,18H,4,7-10H2,1H3. The molecule has 0 bridgehead atoms. The first-order valence-electron chi connectivity index (χ1n) is 6.35. The number of nitrogens with zero attached hydrogens (tertiary/aromatic N) is 1. The minimum atomic E-state index is -0.705. The Morgan fingerprint density at radius 3 is 2.79 bits per heavy atom. The van der Waals surface area contributed by atoms with E-state index in [4.69, 9.17) is 16.3 Å². The van der Waals surface area contributed by atoms with E-state index < -0.39 is 5.60 Å². The van der Waals surface area contributed by atoms with Crippen LogP contribution in [0, 0.1) is 0 Å². The Balaban J connectivity index is 1.65. The van der Waals surface area contributed by atoms with Crippen molar-refractivity contribution >= 4 is 17.5 Å². The number of halogens is 1. The van der Waals surface area contributed by atoms with Crippen molar-refractivity contribution in [3.8, 4) is 5.75 Å². The second kappa shape index (κ2) is 5.80. The topological polar surface area (TPSA) is 49.8 Å². The largest absolute Gasteiger partial charge is 0.492 e. The zero-order valence-electron chi connectivity index (χ0n) is 10.9. The van der Waals surface area contributed by atoms with Gasteiger partial charge >= 0.3 is 0 Å². The Bertz CT molecular complexity index is 454. The van der Waals surface area contributed by atoms with Crippen LogP contribution in [0.25, 0.3) is 0 Å². The molecule has 1 heterocycles. The SMILES string of the molecule is CC1(O)CN(C(=O)CCCOc2ccccc2Cl)C1. The average molecular weight is 284 g/mol. The molecule has 0 spiro atoms. The maximum absolute atomic E-state index is 11.7. The van der Waals surface area contributed by atoms with E-state index in [0.717, 1.165) is 0 Å². The highest BCUT2D eigenvalue weighted by atomic mass is 35.5. The van der Waals surface area contributed by atoms with Crippen molar-refractivity contribution in [2.45, 2.75) is 25.4 Å². The summed E-state index contributed by atoms with van der Waals surface area (Å²) in [5.41, 5.74) is -0.705. The van der Waals surface area contributed by atoms with Crippen molar-refractivity contribution in [1.82, 2.24) is 4.90 Å². The number of para-hydroxylation sites is 1. The summed E-state index contributed by atoms with van der Waals surface area (Å²) in [4.78, 5) is 13.4. The molecule has 4 nitrogen and oxygen atoms in total. The van der Waals surface area contributed by atoms with Crippen molar-refractivity contribution in [3.63, 3.8) is 0 Å². The van der Waals surface area contributed by atoms with Crippen LogP contribution in [0.2, 0.25) is 5.02 Å². The van der Waals surface area contributed by atoms with E-state index >= 15 is 0 Å². The van der Waals surface area contributed by atoms with E-state index in [1.165, 1.54) is 0 Å². The van der Waals surface area contributed by atoms with E-state index in [2.05, 4.69) is 0 Å². The summed E-state index contributed by atoms with van der Waals surface area (Å²) in [6, 6.07) is 7.27. The summed E-state index contributed by atoms with van der Waals surface area (Å²) in [6.07, 6.45) is 1.07. The summed E-state index contributed by atoms with van der Waals surface area (Å²) >= 11 is 5.95. The minimum Gasteiger partial charge on any atom is -0.492 e. The number of rotatable bonds is 5. The normalized spacial score (nSPS) is 16.9. The Hall–Kier alpha value is -1.26. The Morgan fingerprint density at radius 1 is 1.47 bits per heavy atom. The van der Waals surface area contributed by atoms with Crippen LogP contribution in [0.1, 0.15) is 19.8 Å². The summed E-state index contributed by atoms with van der Waals surface area (Å²) in [5, 5.41) is 10.1. The molecule has 1 aromatic carbocycles. The molecule has 5 heteroatoms. The number of likely N-dealkylation sites (tertiary alicyclic amines) is 1. The molecule has 0 aromatic heterocycles. The van der Waals surface area contributed by atoms with E-state index in [9.17, 15) is 9.90 Å². The van der Waals surface area contributed by atoms with E-state index in [-0.39, 0.29) is 5.91 Å². The number of amides is 1. The summed E-state index contributed by atoms with van der Waals surface area (Å²) in [5.74, 6) is 0.706. The zero-order valence-corrected chi connectivity index (χ0v) is 11.7. The number of carbonyl (C=O) groups excluding carboxylic acids is 1. The highest BCUT2D eigenvalue weighted by Gasteiger charge is 2.38. The monoisotopic (exact) mass is 283 g/mol.